The van der Waals surface area contributed by atoms with Gasteiger partial charge in [0, 0.05) is 0 Å². The Bertz CT molecular complexity index is 114. The predicted molar refractivity (Wildman–Crippen MR) is 22.2 cm³/mol. The Kier molecular flexibility index (Phi) is 0.759. The van der Waals surface area contributed by atoms with Gasteiger partial charge in [-0.25, -0.2) is 4.98 Å². The molecule has 0 unspecified atom stereocenters. The van der Waals surface area contributed by atoms with Gasteiger partial charge in [0.15, 0.2) is 0 Å². The Morgan fingerprint density at radius 2 is 2.67 bits per heavy atom. The number of thiazole rings is 1. The van der Waals surface area contributed by atoms with Crippen molar-refractivity contribution in [3.05, 3.63) is 11.7 Å². The molecule has 0 fully saturated rings. The fourth-order valence-electron chi connectivity index (χ4n) is 0.204. The van der Waals surface area contributed by atoms with Gasteiger partial charge >= 0.3 is 0 Å². The lowest BCUT2D eigenvalue weighted by molar-refractivity contribution is 0.367. The van der Waals surface area contributed by atoms with Crippen LogP contribution in [0.5, 0.6) is 5.06 Å². The van der Waals surface area contributed by atoms with Crippen molar-refractivity contribution in [3.63, 3.8) is 0 Å². The van der Waals surface area contributed by atoms with Gasteiger partial charge in [-0.15, -0.1) is 0 Å². The summed E-state index contributed by atoms with van der Waals surface area (Å²) in [6, 6.07) is 0. The molecule has 0 aliphatic carbocycles. The van der Waals surface area contributed by atoms with E-state index in [0.29, 0.717) is 0 Å². The second-order valence-electron chi connectivity index (χ2n) is 0.820. The van der Waals surface area contributed by atoms with E-state index in [0.717, 1.165) is 11.3 Å². The molecule has 0 saturated carbocycles. The molecule has 0 aromatic carbocycles. The third-order valence-corrected chi connectivity index (χ3v) is 0.975. The van der Waals surface area contributed by atoms with Crippen LogP contribution in [0, 0.1) is 0 Å². The van der Waals surface area contributed by atoms with Gasteiger partial charge in [-0.3, -0.25) is 5.11 Å². The summed E-state index contributed by atoms with van der Waals surface area (Å²) in [6.07, 6.45) is 1.30. The molecule has 1 radical (unpaired) electrons. The molecule has 3 heteroatoms. The average Bonchev–Trinajstić information content (AvgIpc) is 1.86. The van der Waals surface area contributed by atoms with Gasteiger partial charge in [0.25, 0.3) is 5.06 Å². The van der Waals surface area contributed by atoms with Crippen molar-refractivity contribution in [3.8, 4) is 5.06 Å². The highest BCUT2D eigenvalue weighted by atomic mass is 32.1. The molecule has 0 aliphatic heterocycles. The molecule has 1 aromatic rings. The lowest BCUT2D eigenvalue weighted by Crippen LogP contribution is -1.41. The van der Waals surface area contributed by atoms with Gasteiger partial charge in [-0.1, -0.05) is 11.3 Å². The molecule has 31 valence electrons. The normalized spacial score (nSPS) is 8.67. The zero-order chi connectivity index (χ0) is 4.41. The summed E-state index contributed by atoms with van der Waals surface area (Å²) in [6.45, 7) is 0. The van der Waals surface area contributed by atoms with Gasteiger partial charge in [-0.2, -0.15) is 0 Å². The summed E-state index contributed by atoms with van der Waals surface area (Å²) in [5.74, 6) is 0. The highest BCUT2D eigenvalue weighted by Crippen LogP contribution is 2.12. The summed E-state index contributed by atoms with van der Waals surface area (Å²) in [4.78, 5) is 3.53. The standard InChI is InChI=1S/C3H2NOS/c5-3-1-4-2-6-3/h1-2H. The first kappa shape index (κ1) is 3.61. The smallest absolute Gasteiger partial charge is 0.252 e. The first-order valence-electron chi connectivity index (χ1n) is 1.45. The van der Waals surface area contributed by atoms with Gasteiger partial charge in [-0.05, 0) is 0 Å². The Balaban J connectivity index is 3.05. The monoisotopic (exact) mass is 100.0 g/mol. The lowest BCUT2D eigenvalue weighted by Gasteiger charge is -1.57. The second-order valence-corrected chi connectivity index (χ2v) is 1.67. The van der Waals surface area contributed by atoms with Crippen LogP contribution >= 0.6 is 11.3 Å². The van der Waals surface area contributed by atoms with Crippen LogP contribution in [-0.2, 0) is 5.11 Å². The predicted octanol–water partition coefficient (Wildman–Crippen LogP) is 1.29. The minimum Gasteiger partial charge on any atom is -0.276 e. The van der Waals surface area contributed by atoms with Crippen LogP contribution in [0.1, 0.15) is 0 Å². The Morgan fingerprint density at radius 1 is 1.83 bits per heavy atom. The number of nitrogens with zero attached hydrogens (tertiary/aromatic N) is 1. The van der Waals surface area contributed by atoms with E-state index in [2.05, 4.69) is 4.98 Å². The fraction of sp³-hybridized carbons (Fsp3) is 0. The average molecular weight is 100 g/mol. The summed E-state index contributed by atoms with van der Waals surface area (Å²) in [5, 5.41) is 10.0. The van der Waals surface area contributed by atoms with Crippen molar-refractivity contribution in [2.24, 2.45) is 0 Å². The van der Waals surface area contributed by atoms with Gasteiger partial charge in [0.2, 0.25) is 0 Å². The Labute approximate surface area is 39.1 Å². The molecule has 0 atom stereocenters. The van der Waals surface area contributed by atoms with E-state index in [4.69, 9.17) is 0 Å². The van der Waals surface area contributed by atoms with Crippen molar-refractivity contribution in [1.29, 1.82) is 0 Å². The summed E-state index contributed by atoms with van der Waals surface area (Å²) in [5.41, 5.74) is 1.52. The van der Waals surface area contributed by atoms with Crippen LogP contribution in [0.4, 0.5) is 0 Å². The topological polar surface area (TPSA) is 32.8 Å². The molecule has 0 aliphatic rings. The van der Waals surface area contributed by atoms with E-state index >= 15 is 0 Å². The molecule has 1 aromatic heterocycles. The van der Waals surface area contributed by atoms with Crippen molar-refractivity contribution in [2.75, 3.05) is 0 Å². The van der Waals surface area contributed by atoms with E-state index in [9.17, 15) is 5.11 Å². The van der Waals surface area contributed by atoms with Gasteiger partial charge < -0.3 is 0 Å². The minimum absolute atomic E-state index is 0.0231. The van der Waals surface area contributed by atoms with Crippen molar-refractivity contribution >= 4 is 11.3 Å². The molecule has 0 spiro atoms. The molecule has 2 nitrogen and oxygen atoms in total. The Morgan fingerprint density at radius 3 is 2.83 bits per heavy atom. The largest absolute Gasteiger partial charge is 0.276 e. The van der Waals surface area contributed by atoms with Crippen molar-refractivity contribution < 1.29 is 5.11 Å². The number of hydrogen-bond acceptors (Lipinski definition) is 2. The zero-order valence-electron chi connectivity index (χ0n) is 2.92. The highest BCUT2D eigenvalue weighted by Gasteiger charge is 1.83. The number of hydrogen-bond donors (Lipinski definition) is 0. The molecule has 1 rings (SSSR count). The summed E-state index contributed by atoms with van der Waals surface area (Å²) < 4.78 is 0. The molecule has 0 saturated heterocycles. The number of aromatic nitrogens is 1. The fourth-order valence-corrected chi connectivity index (χ4v) is 0.551. The van der Waals surface area contributed by atoms with Crippen LogP contribution in [0.3, 0.4) is 0 Å². The molecule has 0 amide bonds. The maximum Gasteiger partial charge on any atom is 0.252 e. The summed E-state index contributed by atoms with van der Waals surface area (Å²) in [7, 11) is 0. The first-order valence-corrected chi connectivity index (χ1v) is 2.33. The second kappa shape index (κ2) is 1.26. The molecule has 1 heterocycles. The third kappa shape index (κ3) is 0.490. The quantitative estimate of drug-likeness (QED) is 0.483. The van der Waals surface area contributed by atoms with Crippen LogP contribution in [0.15, 0.2) is 11.7 Å². The van der Waals surface area contributed by atoms with E-state index in [1.54, 1.807) is 0 Å². The zero-order valence-corrected chi connectivity index (χ0v) is 3.73. The third-order valence-electron chi connectivity index (χ3n) is 0.410. The van der Waals surface area contributed by atoms with E-state index in [1.807, 2.05) is 0 Å². The maximum absolute atomic E-state index is 10.0. The van der Waals surface area contributed by atoms with Crippen molar-refractivity contribution in [1.82, 2.24) is 4.98 Å². The minimum atomic E-state index is 0.0231. The molecular weight excluding hydrogens is 98.1 g/mol. The molecular formula is C3H2NOS. The van der Waals surface area contributed by atoms with Crippen LogP contribution in [0.25, 0.3) is 0 Å². The Hall–Kier alpha value is -0.570. The maximum atomic E-state index is 10.0. The highest BCUT2D eigenvalue weighted by molar-refractivity contribution is 7.11. The van der Waals surface area contributed by atoms with Crippen LogP contribution < -0.4 is 0 Å². The van der Waals surface area contributed by atoms with Gasteiger partial charge in [0.05, 0.1) is 11.7 Å². The van der Waals surface area contributed by atoms with Gasteiger partial charge in [0.1, 0.15) is 0 Å². The van der Waals surface area contributed by atoms with E-state index in [1.165, 1.54) is 11.7 Å². The van der Waals surface area contributed by atoms with Crippen LogP contribution in [0.2, 0.25) is 0 Å². The molecule has 0 N–H and O–H groups in total. The number of rotatable bonds is 0. The first-order chi connectivity index (χ1) is 2.89. The van der Waals surface area contributed by atoms with Crippen LogP contribution in [-0.4, -0.2) is 4.98 Å². The lowest BCUT2D eigenvalue weighted by atomic mass is 10.9. The van der Waals surface area contributed by atoms with Crippen molar-refractivity contribution in [2.45, 2.75) is 0 Å². The summed E-state index contributed by atoms with van der Waals surface area (Å²) >= 11 is 1.11. The molecule has 0 bridgehead atoms. The van der Waals surface area contributed by atoms with E-state index in [-0.39, 0.29) is 5.06 Å². The molecule has 6 heavy (non-hydrogen) atoms. The van der Waals surface area contributed by atoms with E-state index < -0.39 is 0 Å². The SMILES string of the molecule is [O]c1cncs1.